The summed E-state index contributed by atoms with van der Waals surface area (Å²) in [5, 5.41) is 7.14. The van der Waals surface area contributed by atoms with E-state index in [1.807, 2.05) is 11.8 Å². The largest absolute Gasteiger partial charge is 0.354 e. The summed E-state index contributed by atoms with van der Waals surface area (Å²) in [5.74, 6) is 0.621. The highest BCUT2D eigenvalue weighted by Crippen LogP contribution is 2.41. The molecule has 3 aliphatic heterocycles. The highest BCUT2D eigenvalue weighted by molar-refractivity contribution is 5.92. The maximum absolute atomic E-state index is 13.2. The molecular weight excluding hydrogens is 358 g/mol. The van der Waals surface area contributed by atoms with Gasteiger partial charge in [0, 0.05) is 51.8 Å². The van der Waals surface area contributed by atoms with Crippen LogP contribution in [0.2, 0.25) is 0 Å². The van der Waals surface area contributed by atoms with E-state index < -0.39 is 0 Å². The SMILES string of the molecule is CCn1nccc1C(=O)N1C[C@H]2C[C@@H](C1)[C@H](CNC(C)=O)N1C(=O)CCC[C@@H]21. The minimum atomic E-state index is -0.0845. The van der Waals surface area contributed by atoms with E-state index in [2.05, 4.69) is 15.3 Å². The maximum Gasteiger partial charge on any atom is 0.272 e. The van der Waals surface area contributed by atoms with E-state index in [0.717, 1.165) is 19.3 Å². The third-order valence-electron chi connectivity index (χ3n) is 6.58. The van der Waals surface area contributed by atoms with Crippen LogP contribution in [-0.2, 0) is 16.1 Å². The van der Waals surface area contributed by atoms with Crippen molar-refractivity contribution in [2.75, 3.05) is 19.6 Å². The molecule has 3 amide bonds. The zero-order valence-electron chi connectivity index (χ0n) is 16.6. The number of aryl methyl sites for hydroxylation is 1. The first-order valence-electron chi connectivity index (χ1n) is 10.4. The zero-order chi connectivity index (χ0) is 19.8. The van der Waals surface area contributed by atoms with Gasteiger partial charge in [0.15, 0.2) is 0 Å². The van der Waals surface area contributed by atoms with Crippen LogP contribution in [0.1, 0.15) is 50.0 Å². The van der Waals surface area contributed by atoms with Crippen molar-refractivity contribution < 1.29 is 14.4 Å². The van der Waals surface area contributed by atoms with Crippen molar-refractivity contribution >= 4 is 17.7 Å². The molecule has 0 unspecified atom stereocenters. The Balaban J connectivity index is 1.59. The standard InChI is InChI=1S/C20H29N5O3/c1-3-24-17(7-8-22-24)20(28)23-11-14-9-15(12-23)18(10-21-13(2)26)25-16(14)5-4-6-19(25)27/h7-8,14-16,18H,3-6,9-12H2,1-2H3,(H,21,26)/t14-,15+,16+,18+/m1/s1. The Labute approximate surface area is 165 Å². The third kappa shape index (κ3) is 3.29. The molecule has 8 heteroatoms. The van der Waals surface area contributed by atoms with Crippen molar-refractivity contribution in [1.29, 1.82) is 0 Å². The lowest BCUT2D eigenvalue weighted by atomic mass is 9.72. The Morgan fingerprint density at radius 3 is 2.82 bits per heavy atom. The van der Waals surface area contributed by atoms with Gasteiger partial charge in [-0.1, -0.05) is 0 Å². The van der Waals surface area contributed by atoms with Crippen molar-refractivity contribution in [3.8, 4) is 0 Å². The third-order valence-corrected chi connectivity index (χ3v) is 6.58. The summed E-state index contributed by atoms with van der Waals surface area (Å²) in [4.78, 5) is 41.4. The fourth-order valence-electron chi connectivity index (χ4n) is 5.38. The molecule has 8 nitrogen and oxygen atoms in total. The van der Waals surface area contributed by atoms with Crippen LogP contribution in [0.25, 0.3) is 0 Å². The van der Waals surface area contributed by atoms with E-state index >= 15 is 0 Å². The molecule has 4 heterocycles. The van der Waals surface area contributed by atoms with E-state index in [0.29, 0.717) is 44.2 Å². The minimum Gasteiger partial charge on any atom is -0.354 e. The number of aromatic nitrogens is 2. The average molecular weight is 387 g/mol. The number of amides is 3. The van der Waals surface area contributed by atoms with E-state index in [1.54, 1.807) is 16.9 Å². The predicted octanol–water partition coefficient (Wildman–Crippen LogP) is 0.881. The van der Waals surface area contributed by atoms with Gasteiger partial charge in [-0.05, 0) is 44.1 Å². The van der Waals surface area contributed by atoms with E-state index in [4.69, 9.17) is 0 Å². The number of nitrogens with one attached hydrogen (secondary N) is 1. The summed E-state index contributed by atoms with van der Waals surface area (Å²) >= 11 is 0. The number of piperidine rings is 3. The van der Waals surface area contributed by atoms with Gasteiger partial charge in [-0.3, -0.25) is 19.1 Å². The fourth-order valence-corrected chi connectivity index (χ4v) is 5.38. The Bertz CT molecular complexity index is 776. The van der Waals surface area contributed by atoms with Crippen molar-refractivity contribution in [1.82, 2.24) is 24.9 Å². The molecule has 1 aromatic heterocycles. The number of carbonyl (C=O) groups excluding carboxylic acids is 3. The molecule has 28 heavy (non-hydrogen) atoms. The Hall–Kier alpha value is -2.38. The number of likely N-dealkylation sites (tertiary alicyclic amines) is 1. The molecule has 2 bridgehead atoms. The second kappa shape index (κ2) is 7.56. The zero-order valence-corrected chi connectivity index (χ0v) is 16.6. The molecule has 0 aliphatic carbocycles. The van der Waals surface area contributed by atoms with Crippen LogP contribution in [0.3, 0.4) is 0 Å². The van der Waals surface area contributed by atoms with Crippen molar-refractivity contribution in [3.05, 3.63) is 18.0 Å². The molecule has 1 N–H and O–H groups in total. The van der Waals surface area contributed by atoms with E-state index in [9.17, 15) is 14.4 Å². The smallest absolute Gasteiger partial charge is 0.272 e. The molecule has 0 aromatic carbocycles. The first kappa shape index (κ1) is 19.0. The van der Waals surface area contributed by atoms with Crippen molar-refractivity contribution in [2.45, 2.75) is 58.2 Å². The predicted molar refractivity (Wildman–Crippen MR) is 102 cm³/mol. The van der Waals surface area contributed by atoms with Crippen LogP contribution < -0.4 is 5.32 Å². The van der Waals surface area contributed by atoms with Gasteiger partial charge >= 0.3 is 0 Å². The molecule has 0 radical (unpaired) electrons. The highest BCUT2D eigenvalue weighted by atomic mass is 16.2. The molecule has 0 saturated carbocycles. The first-order chi connectivity index (χ1) is 13.5. The molecule has 3 aliphatic rings. The topological polar surface area (TPSA) is 87.5 Å². The van der Waals surface area contributed by atoms with Gasteiger partial charge in [0.05, 0.1) is 6.04 Å². The Morgan fingerprint density at radius 2 is 2.07 bits per heavy atom. The molecule has 3 saturated heterocycles. The van der Waals surface area contributed by atoms with E-state index in [-0.39, 0.29) is 35.7 Å². The van der Waals surface area contributed by atoms with Gasteiger partial charge in [0.25, 0.3) is 5.91 Å². The lowest BCUT2D eigenvalue weighted by Crippen LogP contribution is -2.67. The number of fused-ring (bicyclic) bond motifs is 4. The fraction of sp³-hybridized carbons (Fsp3) is 0.700. The number of hydrogen-bond acceptors (Lipinski definition) is 4. The van der Waals surface area contributed by atoms with Crippen LogP contribution in [0.15, 0.2) is 12.3 Å². The first-order valence-corrected chi connectivity index (χ1v) is 10.4. The number of rotatable bonds is 4. The Kier molecular flexibility index (Phi) is 5.12. The molecule has 152 valence electrons. The molecule has 3 fully saturated rings. The highest BCUT2D eigenvalue weighted by Gasteiger charge is 2.50. The number of hydrogen-bond donors (Lipinski definition) is 1. The van der Waals surface area contributed by atoms with Gasteiger partial charge in [0.2, 0.25) is 11.8 Å². The normalized spacial score (nSPS) is 29.4. The number of nitrogens with zero attached hydrogens (tertiary/aromatic N) is 4. The average Bonchev–Trinajstić information content (AvgIpc) is 3.16. The monoisotopic (exact) mass is 387 g/mol. The molecule has 4 rings (SSSR count). The summed E-state index contributed by atoms with van der Waals surface area (Å²) in [6.45, 7) is 5.90. The van der Waals surface area contributed by atoms with Gasteiger partial charge in [-0.2, -0.15) is 5.10 Å². The van der Waals surface area contributed by atoms with E-state index in [1.165, 1.54) is 6.92 Å². The van der Waals surface area contributed by atoms with Crippen LogP contribution in [0.5, 0.6) is 0 Å². The molecule has 0 spiro atoms. The summed E-state index contributed by atoms with van der Waals surface area (Å²) < 4.78 is 1.73. The quantitative estimate of drug-likeness (QED) is 0.831. The van der Waals surface area contributed by atoms with Crippen LogP contribution >= 0.6 is 0 Å². The summed E-state index contributed by atoms with van der Waals surface area (Å²) in [6, 6.07) is 1.91. The van der Waals surface area contributed by atoms with Crippen molar-refractivity contribution in [3.63, 3.8) is 0 Å². The lowest BCUT2D eigenvalue weighted by Gasteiger charge is -2.56. The maximum atomic E-state index is 13.2. The van der Waals surface area contributed by atoms with Crippen LogP contribution in [0, 0.1) is 11.8 Å². The van der Waals surface area contributed by atoms with Gasteiger partial charge in [-0.25, -0.2) is 0 Å². The lowest BCUT2D eigenvalue weighted by molar-refractivity contribution is -0.151. The molecular formula is C20H29N5O3. The summed E-state index contributed by atoms with van der Waals surface area (Å²) in [5.41, 5.74) is 0.623. The van der Waals surface area contributed by atoms with Gasteiger partial charge in [0.1, 0.15) is 5.69 Å². The minimum absolute atomic E-state index is 0.0166. The summed E-state index contributed by atoms with van der Waals surface area (Å²) in [7, 11) is 0. The van der Waals surface area contributed by atoms with Crippen LogP contribution in [-0.4, -0.2) is 69.0 Å². The van der Waals surface area contributed by atoms with Crippen LogP contribution in [0.4, 0.5) is 0 Å². The van der Waals surface area contributed by atoms with Gasteiger partial charge < -0.3 is 15.1 Å². The van der Waals surface area contributed by atoms with Gasteiger partial charge in [-0.15, -0.1) is 0 Å². The molecule has 1 aromatic rings. The molecule has 4 atom stereocenters. The second-order valence-electron chi connectivity index (χ2n) is 8.26. The summed E-state index contributed by atoms with van der Waals surface area (Å²) in [6.07, 6.45) is 5.15. The number of carbonyl (C=O) groups is 3. The second-order valence-corrected chi connectivity index (χ2v) is 8.26. The Morgan fingerprint density at radius 1 is 1.29 bits per heavy atom. The van der Waals surface area contributed by atoms with Crippen molar-refractivity contribution in [2.24, 2.45) is 11.8 Å².